The predicted molar refractivity (Wildman–Crippen MR) is 240 cm³/mol. The molecule has 0 spiro atoms. The Labute approximate surface area is 353 Å². The predicted octanol–water partition coefficient (Wildman–Crippen LogP) is 16.2. The minimum Gasteiger partial charge on any atom is -0.309 e. The number of hydrogen-bond donors (Lipinski definition) is 0. The summed E-state index contributed by atoms with van der Waals surface area (Å²) in [5.74, 6) is -4.55. The summed E-state index contributed by atoms with van der Waals surface area (Å²) >= 11 is 0. The van der Waals surface area contributed by atoms with Crippen LogP contribution in [-0.4, -0.2) is 9.13 Å². The third-order valence-corrected chi connectivity index (χ3v) is 12.2. The Hall–Kier alpha value is -5.50. The van der Waals surface area contributed by atoms with Crippen LogP contribution in [0.3, 0.4) is 0 Å². The molecule has 0 N–H and O–H groups in total. The van der Waals surface area contributed by atoms with E-state index in [2.05, 4.69) is 107 Å². The molecule has 0 radical (unpaired) electrons. The summed E-state index contributed by atoms with van der Waals surface area (Å²) in [6, 6.07) is 27.7. The summed E-state index contributed by atoms with van der Waals surface area (Å²) in [7, 11) is 0. The van der Waals surface area contributed by atoms with Crippen LogP contribution in [0.4, 0.5) is 26.3 Å². The number of halogens is 6. The average Bonchev–Trinajstić information content (AvgIpc) is 3.65. The molecule has 0 aliphatic rings. The Morgan fingerprint density at radius 2 is 0.623 bits per heavy atom. The van der Waals surface area contributed by atoms with E-state index in [4.69, 9.17) is 0 Å². The molecule has 2 heterocycles. The van der Waals surface area contributed by atoms with E-state index in [-0.39, 0.29) is 44.2 Å². The van der Waals surface area contributed by atoms with Gasteiger partial charge in [0.2, 0.25) is 0 Å². The van der Waals surface area contributed by atoms with E-state index in [9.17, 15) is 4.39 Å². The van der Waals surface area contributed by atoms with E-state index in [1.54, 1.807) is 9.13 Å². The van der Waals surface area contributed by atoms with Crippen LogP contribution in [0.2, 0.25) is 0 Å². The molecular formula is C53H52F6N2. The van der Waals surface area contributed by atoms with E-state index in [0.717, 1.165) is 55.9 Å². The van der Waals surface area contributed by atoms with Crippen molar-refractivity contribution in [3.63, 3.8) is 0 Å². The molecule has 6 aromatic carbocycles. The molecule has 0 saturated carbocycles. The van der Waals surface area contributed by atoms with Crippen molar-refractivity contribution >= 4 is 43.6 Å². The highest BCUT2D eigenvalue weighted by Crippen LogP contribution is 2.48. The van der Waals surface area contributed by atoms with E-state index >= 15 is 22.0 Å². The molecule has 316 valence electrons. The molecule has 0 amide bonds. The van der Waals surface area contributed by atoms with Crippen LogP contribution in [0.5, 0.6) is 0 Å². The lowest BCUT2D eigenvalue weighted by Crippen LogP contribution is -2.16. The van der Waals surface area contributed by atoms with Gasteiger partial charge in [-0.1, -0.05) is 107 Å². The van der Waals surface area contributed by atoms with Gasteiger partial charge in [0.15, 0.2) is 17.5 Å². The van der Waals surface area contributed by atoms with Crippen molar-refractivity contribution in [1.29, 1.82) is 0 Å². The molecule has 0 fully saturated rings. The zero-order chi connectivity index (χ0) is 44.5. The highest BCUT2D eigenvalue weighted by molar-refractivity contribution is 6.12. The minimum atomic E-state index is -4.94. The molecular weight excluding hydrogens is 779 g/mol. The number of fused-ring (bicyclic) bond motifs is 6. The van der Waals surface area contributed by atoms with Crippen LogP contribution in [0, 0.1) is 17.5 Å². The lowest BCUT2D eigenvalue weighted by Gasteiger charge is -2.24. The summed E-state index contributed by atoms with van der Waals surface area (Å²) in [5, 5.41) is 3.09. The van der Waals surface area contributed by atoms with Gasteiger partial charge in [-0.3, -0.25) is 0 Å². The first kappa shape index (κ1) is 42.2. The lowest BCUT2D eigenvalue weighted by atomic mass is 9.85. The number of hydrogen-bond acceptors (Lipinski definition) is 0. The first-order chi connectivity index (χ1) is 28.1. The van der Waals surface area contributed by atoms with Gasteiger partial charge in [0.25, 0.3) is 0 Å². The fourth-order valence-electron chi connectivity index (χ4n) is 8.58. The van der Waals surface area contributed by atoms with Crippen molar-refractivity contribution in [3.05, 3.63) is 142 Å². The van der Waals surface area contributed by atoms with E-state index in [1.165, 1.54) is 12.1 Å². The quantitative estimate of drug-likeness (QED) is 0.124. The van der Waals surface area contributed by atoms with E-state index in [0.29, 0.717) is 22.1 Å². The summed E-state index contributed by atoms with van der Waals surface area (Å²) in [6.07, 6.45) is -4.94. The summed E-state index contributed by atoms with van der Waals surface area (Å²) < 4.78 is 97.4. The van der Waals surface area contributed by atoms with Crippen molar-refractivity contribution in [2.24, 2.45) is 0 Å². The Morgan fingerprint density at radius 1 is 0.361 bits per heavy atom. The van der Waals surface area contributed by atoms with Crippen LogP contribution in [0.1, 0.15) is 111 Å². The van der Waals surface area contributed by atoms with Crippen LogP contribution in [-0.2, 0) is 27.8 Å². The Bertz CT molecular complexity index is 2740. The second-order valence-corrected chi connectivity index (χ2v) is 20.7. The first-order valence-corrected chi connectivity index (χ1v) is 20.7. The van der Waals surface area contributed by atoms with Crippen LogP contribution in [0.25, 0.3) is 66.1 Å². The van der Waals surface area contributed by atoms with Gasteiger partial charge in [0, 0.05) is 21.5 Å². The van der Waals surface area contributed by atoms with Gasteiger partial charge in [0.1, 0.15) is 5.56 Å². The zero-order valence-electron chi connectivity index (χ0n) is 36.9. The van der Waals surface area contributed by atoms with Crippen molar-refractivity contribution in [1.82, 2.24) is 9.13 Å². The average molecular weight is 831 g/mol. The highest BCUT2D eigenvalue weighted by Gasteiger charge is 2.40. The second kappa shape index (κ2) is 13.8. The van der Waals surface area contributed by atoms with Crippen molar-refractivity contribution in [2.45, 2.75) is 111 Å². The summed E-state index contributed by atoms with van der Waals surface area (Å²) in [5.41, 5.74) is 3.71. The van der Waals surface area contributed by atoms with Crippen molar-refractivity contribution in [3.8, 4) is 22.5 Å². The van der Waals surface area contributed by atoms with E-state index in [1.807, 2.05) is 48.5 Å². The largest absolute Gasteiger partial charge is 0.420 e. The maximum atomic E-state index is 16.5. The van der Waals surface area contributed by atoms with Crippen LogP contribution in [0.15, 0.2) is 97.1 Å². The maximum Gasteiger partial charge on any atom is 0.420 e. The molecule has 2 aromatic heterocycles. The first-order valence-electron chi connectivity index (χ1n) is 20.7. The number of benzene rings is 6. The maximum absolute atomic E-state index is 16.5. The molecule has 0 aliphatic heterocycles. The summed E-state index contributed by atoms with van der Waals surface area (Å²) in [4.78, 5) is 0. The normalized spacial score (nSPS) is 13.4. The molecule has 61 heavy (non-hydrogen) atoms. The molecule has 0 atom stereocenters. The van der Waals surface area contributed by atoms with Gasteiger partial charge in [0.05, 0.1) is 33.4 Å². The fourth-order valence-corrected chi connectivity index (χ4v) is 8.58. The van der Waals surface area contributed by atoms with Gasteiger partial charge in [-0.05, 0) is 128 Å². The lowest BCUT2D eigenvalue weighted by molar-refractivity contribution is -0.137. The SMILES string of the molecule is CC(C)(C)c1ccc2c(c1)c1cc(C(C)(C)C)ccc1n2-c1cc(-c2cc(F)c(F)c(F)c2)cc(-n2c3ccc(C(C)(C)C)cc3c3cc(C(C)(C)C)ccc32)c1C(F)(F)F. The van der Waals surface area contributed by atoms with Gasteiger partial charge < -0.3 is 9.13 Å². The van der Waals surface area contributed by atoms with Gasteiger partial charge in [-0.15, -0.1) is 0 Å². The van der Waals surface area contributed by atoms with Crippen molar-refractivity contribution < 1.29 is 26.3 Å². The fraction of sp³-hybridized carbons (Fsp3) is 0.321. The van der Waals surface area contributed by atoms with Crippen LogP contribution >= 0.6 is 0 Å². The molecule has 8 rings (SSSR count). The Balaban J connectivity index is 1.60. The van der Waals surface area contributed by atoms with Crippen LogP contribution < -0.4 is 0 Å². The minimum absolute atomic E-state index is 0.0797. The summed E-state index contributed by atoms with van der Waals surface area (Å²) in [6.45, 7) is 25.1. The topological polar surface area (TPSA) is 9.86 Å². The van der Waals surface area contributed by atoms with Crippen molar-refractivity contribution in [2.75, 3.05) is 0 Å². The zero-order valence-corrected chi connectivity index (χ0v) is 36.9. The number of nitrogens with zero attached hydrogens (tertiary/aromatic N) is 2. The molecule has 0 unspecified atom stereocenters. The number of rotatable bonds is 3. The molecule has 8 heteroatoms. The van der Waals surface area contributed by atoms with E-state index < -0.39 is 29.2 Å². The number of alkyl halides is 3. The Kier molecular flexibility index (Phi) is 9.51. The third kappa shape index (κ3) is 7.19. The highest BCUT2D eigenvalue weighted by atomic mass is 19.4. The molecule has 0 bridgehead atoms. The van der Waals surface area contributed by atoms with Gasteiger partial charge in [-0.2, -0.15) is 13.2 Å². The molecule has 8 aromatic rings. The van der Waals surface area contributed by atoms with Gasteiger partial charge >= 0.3 is 6.18 Å². The molecule has 0 saturated heterocycles. The Morgan fingerprint density at radius 3 is 0.869 bits per heavy atom. The molecule has 2 nitrogen and oxygen atoms in total. The third-order valence-electron chi connectivity index (χ3n) is 12.2. The van der Waals surface area contributed by atoms with Gasteiger partial charge in [-0.25, -0.2) is 13.2 Å². The smallest absolute Gasteiger partial charge is 0.309 e. The standard InChI is InChI=1S/C53H52F6N2/c1-49(2,3)31-13-17-41-35(25-31)36-26-32(50(4,5)6)14-18-42(36)60(41)45-23-30(29-21-39(54)48(56)40(55)22-29)24-46(47(45)53(57,58)59)61-43-19-15-33(51(7,8)9)27-37(43)38-28-34(52(10,11)12)16-20-44(38)61/h13-28H,1-12H3. The second-order valence-electron chi connectivity index (χ2n) is 20.7. The molecule has 0 aliphatic carbocycles. The monoisotopic (exact) mass is 830 g/mol. The number of aromatic nitrogens is 2.